The second-order valence-corrected chi connectivity index (χ2v) is 22.7. The van der Waals surface area contributed by atoms with Crippen LogP contribution in [0.1, 0.15) is 259 Å². The van der Waals surface area contributed by atoms with Crippen molar-refractivity contribution in [3.05, 3.63) is 0 Å². The van der Waals surface area contributed by atoms with Crippen molar-refractivity contribution in [3.63, 3.8) is 0 Å². The summed E-state index contributed by atoms with van der Waals surface area (Å²) in [6.07, 6.45) is 13.5. The quantitative estimate of drug-likeness (QED) is 0.0311. The molecule has 6 unspecified atom stereocenters. The van der Waals surface area contributed by atoms with E-state index < -0.39 is 18.3 Å². The molecule has 0 heterocycles. The smallest absolute Gasteiger partial charge is 0.158 e. The van der Waals surface area contributed by atoms with E-state index in [-0.39, 0.29) is 133 Å². The van der Waals surface area contributed by atoms with Crippen molar-refractivity contribution in [2.24, 2.45) is 0 Å². The van der Waals surface area contributed by atoms with Crippen molar-refractivity contribution in [3.8, 4) is 0 Å². The van der Waals surface area contributed by atoms with Crippen LogP contribution < -0.4 is 0 Å². The highest BCUT2D eigenvalue weighted by Crippen LogP contribution is 2.13. The van der Waals surface area contributed by atoms with E-state index in [1.807, 2.05) is 13.8 Å². The van der Waals surface area contributed by atoms with E-state index in [2.05, 4.69) is 4.74 Å². The molecule has 0 radical (unpaired) electrons. The van der Waals surface area contributed by atoms with Gasteiger partial charge < -0.3 is 54.3 Å². The molecule has 0 aromatic heterocycles. The number of methoxy groups -OCH3 is 5. The maximum absolute atomic E-state index is 11.5. The molecule has 6 N–H and O–H groups in total. The third-order valence-electron chi connectivity index (χ3n) is 13.6. The summed E-state index contributed by atoms with van der Waals surface area (Å²) in [6.45, 7) is 10.8. The summed E-state index contributed by atoms with van der Waals surface area (Å²) < 4.78 is 23.9. The van der Waals surface area contributed by atoms with Crippen LogP contribution in [0.2, 0.25) is 0 Å². The highest BCUT2D eigenvalue weighted by molar-refractivity contribution is 5.90. The summed E-state index contributed by atoms with van der Waals surface area (Å²) in [5.41, 5.74) is 0. The van der Waals surface area contributed by atoms with Gasteiger partial charge in [-0.3, -0.25) is 52.7 Å². The fraction of sp³-hybridized carbons (Fsp3) is 0.836. The van der Waals surface area contributed by atoms with E-state index in [1.54, 1.807) is 49.2 Å². The third-order valence-corrected chi connectivity index (χ3v) is 13.6. The second kappa shape index (κ2) is 68.3. The molecule has 0 aromatic carbocycles. The van der Waals surface area contributed by atoms with Crippen LogP contribution in [-0.4, -0.2) is 199 Å². The largest absolute Gasteiger partial charge is 0.393 e. The second-order valence-electron chi connectivity index (χ2n) is 22.7. The van der Waals surface area contributed by atoms with Gasteiger partial charge in [0.2, 0.25) is 0 Å². The van der Waals surface area contributed by atoms with Gasteiger partial charge in [0.1, 0.15) is 64.4 Å². The molecule has 22 heteroatoms. The lowest BCUT2D eigenvalue weighted by Crippen LogP contribution is -2.14. The van der Waals surface area contributed by atoms with Gasteiger partial charge in [-0.05, 0) is 97.8 Å². The summed E-state index contributed by atoms with van der Waals surface area (Å²) >= 11 is 0. The van der Waals surface area contributed by atoms with Gasteiger partial charge in [-0.2, -0.15) is 0 Å². The van der Waals surface area contributed by atoms with Crippen LogP contribution in [0.25, 0.3) is 0 Å². The number of ether oxygens (including phenoxy) is 5. The highest BCUT2D eigenvalue weighted by Gasteiger charge is 2.15. The van der Waals surface area contributed by atoms with Gasteiger partial charge in [0, 0.05) is 177 Å². The predicted molar refractivity (Wildman–Crippen MR) is 340 cm³/mol. The Hall–Kier alpha value is -4.07. The first-order valence-electron chi connectivity index (χ1n) is 32.4. The lowest BCUT2D eigenvalue weighted by atomic mass is 10.0. The minimum Gasteiger partial charge on any atom is -0.393 e. The first-order chi connectivity index (χ1) is 42.2. The number of rotatable bonds is 57. The Morgan fingerprint density at radius 1 is 0.258 bits per heavy atom. The molecule has 89 heavy (non-hydrogen) atoms. The van der Waals surface area contributed by atoms with Crippen molar-refractivity contribution >= 4 is 63.6 Å². The van der Waals surface area contributed by atoms with Gasteiger partial charge in [0.15, 0.2) is 5.78 Å². The Bertz CT molecular complexity index is 1830. The number of ketones is 11. The van der Waals surface area contributed by atoms with Crippen molar-refractivity contribution < 1.29 is 107 Å². The first-order valence-corrected chi connectivity index (χ1v) is 32.4. The molecule has 0 spiro atoms. The van der Waals surface area contributed by atoms with E-state index in [0.717, 1.165) is 38.5 Å². The van der Waals surface area contributed by atoms with E-state index in [4.69, 9.17) is 34.3 Å². The Kier molecular flexibility index (Phi) is 71.9. The third kappa shape index (κ3) is 80.0. The summed E-state index contributed by atoms with van der Waals surface area (Å²) in [6, 6.07) is 0. The Labute approximate surface area is 533 Å². The normalized spacial score (nSPS) is 12.7. The maximum Gasteiger partial charge on any atom is 0.158 e. The van der Waals surface area contributed by atoms with Gasteiger partial charge in [-0.25, -0.2) is 0 Å². The van der Waals surface area contributed by atoms with Crippen molar-refractivity contribution in [2.45, 2.75) is 296 Å². The molecule has 22 nitrogen and oxygen atoms in total. The van der Waals surface area contributed by atoms with Crippen molar-refractivity contribution in [2.75, 3.05) is 68.6 Å². The molecule has 0 aromatic rings. The SMILES string of the molecule is CCC(O)CCCC(=O)CCC(=O)CCOC.CCCC(O)CCC(=O)CCC(=O)CCOC.COCC(=O)CCC(=O)CCC(O)CCC(C)O.COCCC(=O)CCC(=O)CCCCC(C)O.COCCCC(=O)CCC(=O)CCC(=O)CCC(C)O. The molecule has 0 aliphatic carbocycles. The number of aliphatic hydroxyl groups is 6. The zero-order valence-corrected chi connectivity index (χ0v) is 56.5. The summed E-state index contributed by atoms with van der Waals surface area (Å²) in [5, 5.41) is 55.4. The molecule has 522 valence electrons. The standard InChI is InChI=1S/C15H26O5.C13H24O5.3C13H24O4/c1-12(16)5-6-14(18)9-10-15(19)8-7-13(17)4-3-11-20-2;1-10(14)3-4-11(15)5-6-12(16)7-8-13(17)9-18-2;1-11(14)5-3-4-6-12(15)7-8-13(16)9-10-17-2;1-3-11(14)5-4-6-12(15)7-8-13(16)9-10-17-2;1-3-4-11(14)5-6-12(15)7-8-13(16)9-10-17-2/h12,16H,3-11H2,1-2H3;10-11,14-15H,3-9H2,1-2H3;3*11,14H,3-10H2,1-2H3. The molecule has 6 atom stereocenters. The van der Waals surface area contributed by atoms with Crippen LogP contribution >= 0.6 is 0 Å². The van der Waals surface area contributed by atoms with Crippen LogP contribution in [0.15, 0.2) is 0 Å². The zero-order chi connectivity index (χ0) is 68.6. The highest BCUT2D eigenvalue weighted by atomic mass is 16.5. The predicted octanol–water partition coefficient (Wildman–Crippen LogP) is 8.34. The number of Topliss-reactive ketones (excluding diaryl/α,β-unsaturated/α-hetero) is 11. The number of carbonyl (C=O) groups excluding carboxylic acids is 11. The van der Waals surface area contributed by atoms with Crippen LogP contribution in [0.5, 0.6) is 0 Å². The van der Waals surface area contributed by atoms with E-state index in [9.17, 15) is 68.1 Å². The van der Waals surface area contributed by atoms with E-state index in [0.29, 0.717) is 168 Å². The van der Waals surface area contributed by atoms with Crippen LogP contribution in [-0.2, 0) is 76.4 Å². The van der Waals surface area contributed by atoms with Gasteiger partial charge in [0.05, 0.1) is 56.4 Å². The Balaban J connectivity index is -0.000000331. The molecule has 0 aliphatic rings. The van der Waals surface area contributed by atoms with Gasteiger partial charge in [-0.15, -0.1) is 0 Å². The first kappa shape index (κ1) is 93.6. The average Bonchev–Trinajstić information content (AvgIpc) is 3.50. The number of hydrogen-bond acceptors (Lipinski definition) is 22. The zero-order valence-electron chi connectivity index (χ0n) is 56.5. The number of aliphatic hydroxyl groups excluding tert-OH is 6. The van der Waals surface area contributed by atoms with Crippen molar-refractivity contribution in [1.82, 2.24) is 0 Å². The summed E-state index contributed by atoms with van der Waals surface area (Å²) in [5.74, 6) is 0.451. The van der Waals surface area contributed by atoms with Gasteiger partial charge >= 0.3 is 0 Å². The van der Waals surface area contributed by atoms with Crippen LogP contribution in [0, 0.1) is 0 Å². The minimum atomic E-state index is -0.557. The lowest BCUT2D eigenvalue weighted by molar-refractivity contribution is -0.126. The van der Waals surface area contributed by atoms with Crippen molar-refractivity contribution in [1.29, 1.82) is 0 Å². The Morgan fingerprint density at radius 2 is 0.562 bits per heavy atom. The fourth-order valence-corrected chi connectivity index (χ4v) is 7.80. The molecule has 0 rings (SSSR count). The molecule has 0 saturated heterocycles. The number of unbranched alkanes of at least 4 members (excludes halogenated alkanes) is 1. The molecule has 0 amide bonds. The molecule has 0 fully saturated rings. The van der Waals surface area contributed by atoms with Gasteiger partial charge in [-0.1, -0.05) is 26.7 Å². The monoisotopic (exact) mass is 1280 g/mol. The lowest BCUT2D eigenvalue weighted by Gasteiger charge is -2.10. The number of hydrogen-bond donors (Lipinski definition) is 6. The maximum atomic E-state index is 11.5. The molecular weight excluding hydrogens is 1160 g/mol. The van der Waals surface area contributed by atoms with Crippen LogP contribution in [0.3, 0.4) is 0 Å². The number of carbonyl (C=O) groups is 11. The summed E-state index contributed by atoms with van der Waals surface area (Å²) in [7, 11) is 7.69. The molecule has 0 bridgehead atoms. The molecule has 0 aliphatic heterocycles. The Morgan fingerprint density at radius 3 is 0.899 bits per heavy atom. The topological polar surface area (TPSA) is 355 Å². The summed E-state index contributed by atoms with van der Waals surface area (Å²) in [4.78, 5) is 125. The fourth-order valence-electron chi connectivity index (χ4n) is 7.80. The average molecular weight is 1280 g/mol. The van der Waals surface area contributed by atoms with Crippen LogP contribution in [0.4, 0.5) is 0 Å². The minimum absolute atomic E-state index is 0.00864. The molecular formula is C67H122O22. The van der Waals surface area contributed by atoms with Gasteiger partial charge in [0.25, 0.3) is 0 Å². The molecule has 0 saturated carbocycles. The van der Waals surface area contributed by atoms with E-state index >= 15 is 0 Å². The van der Waals surface area contributed by atoms with E-state index in [1.165, 1.54) is 7.11 Å².